The van der Waals surface area contributed by atoms with Gasteiger partial charge in [0.2, 0.25) is 11.8 Å². The normalized spacial score (nSPS) is 20.4. The minimum absolute atomic E-state index is 0.0826. The molecule has 1 aromatic rings. The van der Waals surface area contributed by atoms with Crippen LogP contribution in [-0.4, -0.2) is 34.4 Å². The topological polar surface area (TPSA) is 75.2 Å². The second-order valence-electron chi connectivity index (χ2n) is 3.66. The molecular weight excluding hydrogens is 244 g/mol. The Hall–Kier alpha value is -1.69. The van der Waals surface area contributed by atoms with E-state index in [0.29, 0.717) is 12.2 Å². The van der Waals surface area contributed by atoms with E-state index in [0.717, 1.165) is 0 Å². The Labute approximate surface area is 103 Å². The first-order valence-corrected chi connectivity index (χ1v) is 5.57. The van der Waals surface area contributed by atoms with Gasteiger partial charge in [-0.2, -0.15) is 0 Å². The number of halogens is 1. The van der Waals surface area contributed by atoms with E-state index in [1.807, 2.05) is 6.92 Å². The first-order chi connectivity index (χ1) is 8.11. The zero-order chi connectivity index (χ0) is 12.4. The van der Waals surface area contributed by atoms with Gasteiger partial charge in [-0.25, -0.2) is 4.98 Å². The summed E-state index contributed by atoms with van der Waals surface area (Å²) in [6, 6.07) is -0.416. The number of carbonyl (C=O) groups excluding carboxylic acids is 2. The van der Waals surface area contributed by atoms with Crippen molar-refractivity contribution in [3.8, 4) is 0 Å². The van der Waals surface area contributed by atoms with Gasteiger partial charge in [-0.3, -0.25) is 19.9 Å². The van der Waals surface area contributed by atoms with Gasteiger partial charge in [0, 0.05) is 0 Å². The maximum atomic E-state index is 11.6. The summed E-state index contributed by atoms with van der Waals surface area (Å²) in [6.07, 6.45) is 3.46. The van der Waals surface area contributed by atoms with E-state index in [2.05, 4.69) is 15.3 Å². The molecule has 90 valence electrons. The molecule has 1 saturated heterocycles. The number of piperazine rings is 1. The van der Waals surface area contributed by atoms with Crippen LogP contribution in [0.5, 0.6) is 0 Å². The molecule has 1 aliphatic rings. The molecular formula is C10H11ClN4O2. The number of imide groups is 1. The predicted octanol–water partition coefficient (Wildman–Crippen LogP) is 0.371. The molecule has 1 fully saturated rings. The van der Waals surface area contributed by atoms with E-state index in [1.165, 1.54) is 12.4 Å². The number of carbonyl (C=O) groups is 2. The minimum Gasteiger partial charge on any atom is -0.334 e. The summed E-state index contributed by atoms with van der Waals surface area (Å²) in [5, 5.41) is 2.53. The Bertz CT molecular complexity index is 465. The molecule has 6 nitrogen and oxygen atoms in total. The van der Waals surface area contributed by atoms with Crippen molar-refractivity contribution in [2.45, 2.75) is 19.4 Å². The number of anilines is 1. The van der Waals surface area contributed by atoms with Crippen LogP contribution in [0.4, 0.5) is 5.82 Å². The highest BCUT2D eigenvalue weighted by atomic mass is 35.5. The van der Waals surface area contributed by atoms with Crippen LogP contribution in [0.15, 0.2) is 12.4 Å². The van der Waals surface area contributed by atoms with Crippen LogP contribution in [-0.2, 0) is 9.59 Å². The summed E-state index contributed by atoms with van der Waals surface area (Å²) in [4.78, 5) is 32.6. The number of amides is 2. The van der Waals surface area contributed by atoms with Gasteiger partial charge in [-0.1, -0.05) is 18.5 Å². The highest BCUT2D eigenvalue weighted by Gasteiger charge is 2.33. The molecule has 17 heavy (non-hydrogen) atoms. The molecule has 2 rings (SSSR count). The molecule has 1 N–H and O–H groups in total. The molecule has 1 aliphatic heterocycles. The summed E-state index contributed by atoms with van der Waals surface area (Å²) >= 11 is 5.74. The molecule has 0 radical (unpaired) electrons. The Morgan fingerprint density at radius 2 is 2.29 bits per heavy atom. The van der Waals surface area contributed by atoms with E-state index in [1.54, 1.807) is 4.90 Å². The van der Waals surface area contributed by atoms with Crippen molar-refractivity contribution in [1.82, 2.24) is 15.3 Å². The summed E-state index contributed by atoms with van der Waals surface area (Å²) in [6.45, 7) is 1.95. The van der Waals surface area contributed by atoms with Crippen LogP contribution in [0.3, 0.4) is 0 Å². The van der Waals surface area contributed by atoms with Crippen LogP contribution in [0.2, 0.25) is 5.15 Å². The third kappa shape index (κ3) is 2.36. The molecule has 1 unspecified atom stereocenters. The standard InChI is InChI=1S/C10H11ClN4O2/c1-2-6-10(17)14-9(16)5-15(6)8-4-12-3-7(11)13-8/h3-4,6H,2,5H2,1H3,(H,14,16,17). The van der Waals surface area contributed by atoms with Crippen molar-refractivity contribution < 1.29 is 9.59 Å². The summed E-state index contributed by atoms with van der Waals surface area (Å²) in [7, 11) is 0. The number of hydrogen-bond donors (Lipinski definition) is 1. The van der Waals surface area contributed by atoms with E-state index < -0.39 is 6.04 Å². The second-order valence-corrected chi connectivity index (χ2v) is 4.05. The van der Waals surface area contributed by atoms with Crippen molar-refractivity contribution in [3.63, 3.8) is 0 Å². The first-order valence-electron chi connectivity index (χ1n) is 5.19. The number of nitrogens with one attached hydrogen (secondary N) is 1. The lowest BCUT2D eigenvalue weighted by Gasteiger charge is -2.33. The fourth-order valence-electron chi connectivity index (χ4n) is 1.78. The third-order valence-corrected chi connectivity index (χ3v) is 2.71. The van der Waals surface area contributed by atoms with Crippen molar-refractivity contribution >= 4 is 29.2 Å². The lowest BCUT2D eigenvalue weighted by Crippen LogP contribution is -2.58. The van der Waals surface area contributed by atoms with E-state index in [-0.39, 0.29) is 23.5 Å². The Morgan fingerprint density at radius 3 is 2.94 bits per heavy atom. The zero-order valence-electron chi connectivity index (χ0n) is 9.18. The van der Waals surface area contributed by atoms with Crippen LogP contribution < -0.4 is 10.2 Å². The fraction of sp³-hybridized carbons (Fsp3) is 0.400. The molecule has 7 heteroatoms. The van der Waals surface area contributed by atoms with Crippen LogP contribution in [0.1, 0.15) is 13.3 Å². The SMILES string of the molecule is CCC1C(=O)NC(=O)CN1c1cncc(Cl)n1. The van der Waals surface area contributed by atoms with E-state index in [9.17, 15) is 9.59 Å². The van der Waals surface area contributed by atoms with Gasteiger partial charge >= 0.3 is 0 Å². The molecule has 1 aromatic heterocycles. The van der Waals surface area contributed by atoms with Gasteiger partial charge in [0.05, 0.1) is 18.9 Å². The predicted molar refractivity (Wildman–Crippen MR) is 61.6 cm³/mol. The average Bonchev–Trinajstić information content (AvgIpc) is 2.28. The summed E-state index contributed by atoms with van der Waals surface area (Å²) in [5.74, 6) is -0.223. The zero-order valence-corrected chi connectivity index (χ0v) is 9.94. The molecule has 2 amide bonds. The molecule has 2 heterocycles. The Kier molecular flexibility index (Phi) is 3.23. The average molecular weight is 255 g/mol. The smallest absolute Gasteiger partial charge is 0.249 e. The largest absolute Gasteiger partial charge is 0.334 e. The van der Waals surface area contributed by atoms with Gasteiger partial charge in [0.25, 0.3) is 0 Å². The van der Waals surface area contributed by atoms with Crippen molar-refractivity contribution in [3.05, 3.63) is 17.5 Å². The van der Waals surface area contributed by atoms with Crippen LogP contribution >= 0.6 is 11.6 Å². The molecule has 1 atom stereocenters. The number of rotatable bonds is 2. The summed E-state index contributed by atoms with van der Waals surface area (Å²) < 4.78 is 0. The van der Waals surface area contributed by atoms with Gasteiger partial charge in [0.1, 0.15) is 17.0 Å². The molecule has 0 spiro atoms. The van der Waals surface area contributed by atoms with Gasteiger partial charge in [-0.05, 0) is 6.42 Å². The van der Waals surface area contributed by atoms with Crippen LogP contribution in [0, 0.1) is 0 Å². The molecule has 0 aromatic carbocycles. The Morgan fingerprint density at radius 1 is 1.53 bits per heavy atom. The number of nitrogens with zero attached hydrogens (tertiary/aromatic N) is 3. The monoisotopic (exact) mass is 254 g/mol. The second kappa shape index (κ2) is 4.67. The lowest BCUT2D eigenvalue weighted by atomic mass is 10.1. The van der Waals surface area contributed by atoms with Crippen LogP contribution in [0.25, 0.3) is 0 Å². The van der Waals surface area contributed by atoms with E-state index in [4.69, 9.17) is 11.6 Å². The number of hydrogen-bond acceptors (Lipinski definition) is 5. The lowest BCUT2D eigenvalue weighted by molar-refractivity contribution is -0.132. The highest BCUT2D eigenvalue weighted by molar-refractivity contribution is 6.29. The molecule has 0 aliphatic carbocycles. The molecule has 0 saturated carbocycles. The first kappa shape index (κ1) is 11.8. The van der Waals surface area contributed by atoms with Crippen molar-refractivity contribution in [2.24, 2.45) is 0 Å². The third-order valence-electron chi connectivity index (χ3n) is 2.53. The summed E-state index contributed by atoms with van der Waals surface area (Å²) in [5.41, 5.74) is 0. The van der Waals surface area contributed by atoms with Gasteiger partial charge in [0.15, 0.2) is 0 Å². The maximum Gasteiger partial charge on any atom is 0.249 e. The molecule has 0 bridgehead atoms. The highest BCUT2D eigenvalue weighted by Crippen LogP contribution is 2.19. The maximum absolute atomic E-state index is 11.6. The van der Waals surface area contributed by atoms with Gasteiger partial charge < -0.3 is 4.90 Å². The quantitative estimate of drug-likeness (QED) is 0.772. The minimum atomic E-state index is -0.416. The fourth-order valence-corrected chi connectivity index (χ4v) is 1.93. The van der Waals surface area contributed by atoms with Gasteiger partial charge in [-0.15, -0.1) is 0 Å². The Balaban J connectivity index is 2.34. The van der Waals surface area contributed by atoms with E-state index >= 15 is 0 Å². The van der Waals surface area contributed by atoms with Crippen molar-refractivity contribution in [2.75, 3.05) is 11.4 Å². The number of aromatic nitrogens is 2. The van der Waals surface area contributed by atoms with Crippen molar-refractivity contribution in [1.29, 1.82) is 0 Å².